The van der Waals surface area contributed by atoms with Gasteiger partial charge in [0.05, 0.1) is 0 Å². The van der Waals surface area contributed by atoms with Crippen LogP contribution < -0.4 is 5.32 Å². The smallest absolute Gasteiger partial charge is 0.259 e. The lowest BCUT2D eigenvalue weighted by Gasteiger charge is -2.40. The van der Waals surface area contributed by atoms with Crippen LogP contribution in [0.15, 0.2) is 30.3 Å². The Labute approximate surface area is 156 Å². The SMILES string of the molecule is CN(C(=O)C(O)(c1ccccc1)C1CCCCC1)[C@H]1C2CNC[C@@H]21.Cl. The summed E-state index contributed by atoms with van der Waals surface area (Å²) in [5, 5.41) is 15.1. The van der Waals surface area contributed by atoms with Crippen LogP contribution in [0, 0.1) is 17.8 Å². The first kappa shape index (κ1) is 18.7. The predicted octanol–water partition coefficient (Wildman–Crippen LogP) is 2.55. The van der Waals surface area contributed by atoms with Crippen LogP contribution in [0.5, 0.6) is 0 Å². The molecule has 2 saturated carbocycles. The predicted molar refractivity (Wildman–Crippen MR) is 101 cm³/mol. The molecule has 138 valence electrons. The minimum absolute atomic E-state index is 0. The fraction of sp³-hybridized carbons (Fsp3) is 0.650. The maximum absolute atomic E-state index is 13.4. The summed E-state index contributed by atoms with van der Waals surface area (Å²) in [5.41, 5.74) is -0.613. The van der Waals surface area contributed by atoms with Crippen LogP contribution in [0.25, 0.3) is 0 Å². The highest BCUT2D eigenvalue weighted by Crippen LogP contribution is 2.48. The molecular formula is C20H29ClN2O2. The van der Waals surface area contributed by atoms with E-state index in [0.717, 1.165) is 44.3 Å². The number of benzene rings is 1. The molecule has 0 radical (unpaired) electrons. The largest absolute Gasteiger partial charge is 0.375 e. The Kier molecular flexibility index (Phi) is 5.42. The van der Waals surface area contributed by atoms with Crippen molar-refractivity contribution in [1.29, 1.82) is 0 Å². The molecule has 2 aliphatic carbocycles. The zero-order valence-corrected chi connectivity index (χ0v) is 15.7. The average Bonchev–Trinajstić information content (AvgIpc) is 3.12. The molecule has 1 heterocycles. The van der Waals surface area contributed by atoms with Crippen molar-refractivity contribution in [3.05, 3.63) is 35.9 Å². The van der Waals surface area contributed by atoms with Crippen molar-refractivity contribution in [2.75, 3.05) is 20.1 Å². The molecule has 4 atom stereocenters. The van der Waals surface area contributed by atoms with Crippen LogP contribution in [-0.2, 0) is 10.4 Å². The molecule has 0 spiro atoms. The number of carbonyl (C=O) groups excluding carboxylic acids is 1. The van der Waals surface area contributed by atoms with E-state index in [1.54, 1.807) is 0 Å². The van der Waals surface area contributed by atoms with Crippen LogP contribution in [0.3, 0.4) is 0 Å². The zero-order chi connectivity index (χ0) is 16.7. The minimum atomic E-state index is -1.37. The highest BCUT2D eigenvalue weighted by Gasteiger charge is 2.59. The van der Waals surface area contributed by atoms with Crippen LogP contribution in [-0.4, -0.2) is 42.1 Å². The summed E-state index contributed by atoms with van der Waals surface area (Å²) >= 11 is 0. The van der Waals surface area contributed by atoms with E-state index in [2.05, 4.69) is 5.32 Å². The van der Waals surface area contributed by atoms with Gasteiger partial charge in [-0.3, -0.25) is 4.79 Å². The first-order valence-corrected chi connectivity index (χ1v) is 9.40. The molecule has 1 saturated heterocycles. The van der Waals surface area contributed by atoms with Gasteiger partial charge in [-0.15, -0.1) is 12.4 Å². The highest BCUT2D eigenvalue weighted by atomic mass is 35.5. The van der Waals surface area contributed by atoms with Gasteiger partial charge < -0.3 is 15.3 Å². The van der Waals surface area contributed by atoms with E-state index in [1.807, 2.05) is 42.3 Å². The molecule has 1 amide bonds. The number of rotatable bonds is 4. The van der Waals surface area contributed by atoms with Crippen molar-refractivity contribution in [2.24, 2.45) is 17.8 Å². The van der Waals surface area contributed by atoms with Gasteiger partial charge in [-0.1, -0.05) is 49.6 Å². The van der Waals surface area contributed by atoms with Crippen molar-refractivity contribution in [2.45, 2.75) is 43.7 Å². The third-order valence-electron chi connectivity index (χ3n) is 6.55. The van der Waals surface area contributed by atoms with Crippen LogP contribution in [0.2, 0.25) is 0 Å². The molecule has 4 nitrogen and oxygen atoms in total. The number of likely N-dealkylation sites (N-methyl/N-ethyl adjacent to an activating group) is 1. The summed E-state index contributed by atoms with van der Waals surface area (Å²) in [6, 6.07) is 9.91. The van der Waals surface area contributed by atoms with E-state index in [4.69, 9.17) is 0 Å². The van der Waals surface area contributed by atoms with Gasteiger partial charge in [0.25, 0.3) is 5.91 Å². The van der Waals surface area contributed by atoms with Crippen LogP contribution in [0.1, 0.15) is 37.7 Å². The first-order valence-electron chi connectivity index (χ1n) is 9.40. The second kappa shape index (κ2) is 7.26. The number of aliphatic hydroxyl groups is 1. The number of amides is 1. The van der Waals surface area contributed by atoms with Crippen LogP contribution >= 0.6 is 12.4 Å². The lowest BCUT2D eigenvalue weighted by Crippen LogP contribution is -2.52. The molecule has 1 aromatic carbocycles. The van der Waals surface area contributed by atoms with Gasteiger partial charge in [0, 0.05) is 32.1 Å². The van der Waals surface area contributed by atoms with Gasteiger partial charge in [0.1, 0.15) is 0 Å². The third kappa shape index (κ3) is 3.09. The highest BCUT2D eigenvalue weighted by molar-refractivity contribution is 5.87. The molecule has 1 aromatic rings. The van der Waals surface area contributed by atoms with Gasteiger partial charge in [-0.2, -0.15) is 0 Å². The van der Waals surface area contributed by atoms with E-state index in [1.165, 1.54) is 6.42 Å². The molecular weight excluding hydrogens is 336 g/mol. The van der Waals surface area contributed by atoms with Crippen molar-refractivity contribution >= 4 is 18.3 Å². The summed E-state index contributed by atoms with van der Waals surface area (Å²) in [4.78, 5) is 15.3. The summed E-state index contributed by atoms with van der Waals surface area (Å²) in [7, 11) is 1.89. The second-order valence-corrected chi connectivity index (χ2v) is 7.86. The molecule has 5 heteroatoms. The Morgan fingerprint density at radius 1 is 1.12 bits per heavy atom. The Morgan fingerprint density at radius 3 is 2.32 bits per heavy atom. The van der Waals surface area contributed by atoms with E-state index in [-0.39, 0.29) is 24.2 Å². The number of nitrogens with one attached hydrogen (secondary N) is 1. The molecule has 1 aliphatic heterocycles. The number of fused-ring (bicyclic) bond motifs is 1. The second-order valence-electron chi connectivity index (χ2n) is 7.86. The molecule has 2 unspecified atom stereocenters. The van der Waals surface area contributed by atoms with Gasteiger partial charge in [-0.05, 0) is 30.2 Å². The summed E-state index contributed by atoms with van der Waals surface area (Å²) < 4.78 is 0. The normalized spacial score (nSPS) is 30.7. The van der Waals surface area contributed by atoms with E-state index in [9.17, 15) is 9.90 Å². The third-order valence-corrected chi connectivity index (χ3v) is 6.55. The van der Waals surface area contributed by atoms with Gasteiger partial charge >= 0.3 is 0 Å². The molecule has 0 aromatic heterocycles. The first-order chi connectivity index (χ1) is 11.6. The summed E-state index contributed by atoms with van der Waals surface area (Å²) in [6.07, 6.45) is 5.29. The number of hydrogen-bond acceptors (Lipinski definition) is 3. The van der Waals surface area contributed by atoms with Crippen molar-refractivity contribution in [3.63, 3.8) is 0 Å². The molecule has 25 heavy (non-hydrogen) atoms. The van der Waals surface area contributed by atoms with E-state index < -0.39 is 5.60 Å². The Morgan fingerprint density at radius 2 is 1.72 bits per heavy atom. The standard InChI is InChI=1S/C20H28N2O2.ClH/c1-22(18-16-12-21-13-17(16)18)19(23)20(24,14-8-4-2-5-9-14)15-10-6-3-7-11-15;/h2,4-5,8-9,15-18,21,24H,3,6-7,10-13H2,1H3;1H/t16-,17?,18+,20?;/m0./s1. The molecule has 0 bridgehead atoms. The fourth-order valence-corrected chi connectivity index (χ4v) is 5.11. The van der Waals surface area contributed by atoms with E-state index >= 15 is 0 Å². The molecule has 3 fully saturated rings. The Balaban J connectivity index is 0.00000182. The number of nitrogens with zero attached hydrogens (tertiary/aromatic N) is 1. The lowest BCUT2D eigenvalue weighted by molar-refractivity contribution is -0.160. The summed E-state index contributed by atoms with van der Waals surface area (Å²) in [5.74, 6) is 1.08. The minimum Gasteiger partial charge on any atom is -0.375 e. The van der Waals surface area contributed by atoms with Crippen molar-refractivity contribution < 1.29 is 9.90 Å². The Bertz CT molecular complexity index is 595. The van der Waals surface area contributed by atoms with Crippen molar-refractivity contribution in [3.8, 4) is 0 Å². The molecule has 4 rings (SSSR count). The topological polar surface area (TPSA) is 52.6 Å². The van der Waals surface area contributed by atoms with Crippen molar-refractivity contribution in [1.82, 2.24) is 10.2 Å². The molecule has 3 aliphatic rings. The van der Waals surface area contributed by atoms with Gasteiger partial charge in [0.15, 0.2) is 5.60 Å². The fourth-order valence-electron chi connectivity index (χ4n) is 5.11. The number of piperidine rings is 1. The monoisotopic (exact) mass is 364 g/mol. The van der Waals surface area contributed by atoms with E-state index in [0.29, 0.717) is 17.9 Å². The maximum atomic E-state index is 13.4. The Hall–Kier alpha value is -1.10. The number of halogens is 1. The summed E-state index contributed by atoms with van der Waals surface area (Å²) in [6.45, 7) is 2.00. The number of carbonyl (C=O) groups is 1. The van der Waals surface area contributed by atoms with Gasteiger partial charge in [-0.25, -0.2) is 0 Å². The maximum Gasteiger partial charge on any atom is 0.259 e. The van der Waals surface area contributed by atoms with Crippen LogP contribution in [0.4, 0.5) is 0 Å². The van der Waals surface area contributed by atoms with Gasteiger partial charge in [0.2, 0.25) is 0 Å². The average molecular weight is 365 g/mol. The number of hydrogen-bond donors (Lipinski definition) is 2. The zero-order valence-electron chi connectivity index (χ0n) is 14.9. The molecule has 2 N–H and O–H groups in total. The quantitative estimate of drug-likeness (QED) is 0.863. The lowest BCUT2D eigenvalue weighted by atomic mass is 9.72.